The molecular weight excluding hydrogens is 340 g/mol. The molecule has 0 radical (unpaired) electrons. The number of nitrogens with zero attached hydrogens (tertiary/aromatic N) is 3. The van der Waals surface area contributed by atoms with E-state index in [-0.39, 0.29) is 17.3 Å². The number of halogens is 3. The molecule has 0 saturated carbocycles. The van der Waals surface area contributed by atoms with Crippen LogP contribution in [0.1, 0.15) is 5.69 Å². The van der Waals surface area contributed by atoms with Gasteiger partial charge in [-0.2, -0.15) is 5.10 Å². The van der Waals surface area contributed by atoms with E-state index < -0.39 is 15.8 Å². The zero-order valence-electron chi connectivity index (χ0n) is 11.2. The largest absolute Gasteiger partial charge is 0.261 e. The Morgan fingerprint density at radius 2 is 2.00 bits per heavy atom. The van der Waals surface area contributed by atoms with E-state index in [1.807, 2.05) is 0 Å². The maximum Gasteiger partial charge on any atom is 0.232 e. The fourth-order valence-electron chi connectivity index (χ4n) is 1.79. The van der Waals surface area contributed by atoms with Crippen LogP contribution < -0.4 is 4.31 Å². The Morgan fingerprint density at radius 1 is 1.33 bits per heavy atom. The number of aromatic nitrogens is 2. The van der Waals surface area contributed by atoms with Gasteiger partial charge in [0.2, 0.25) is 10.0 Å². The Kier molecular flexibility index (Phi) is 4.46. The summed E-state index contributed by atoms with van der Waals surface area (Å²) in [7, 11) is -2.07. The summed E-state index contributed by atoms with van der Waals surface area (Å²) in [5, 5.41) is 4.61. The quantitative estimate of drug-likeness (QED) is 0.850. The molecule has 0 aliphatic carbocycles. The van der Waals surface area contributed by atoms with Crippen molar-refractivity contribution in [2.24, 2.45) is 7.05 Å². The van der Waals surface area contributed by atoms with Gasteiger partial charge in [-0.05, 0) is 18.2 Å². The van der Waals surface area contributed by atoms with Gasteiger partial charge < -0.3 is 0 Å². The van der Waals surface area contributed by atoms with E-state index in [0.717, 1.165) is 16.6 Å². The van der Waals surface area contributed by atoms with Crippen LogP contribution in [0.25, 0.3) is 0 Å². The summed E-state index contributed by atoms with van der Waals surface area (Å²) in [5.74, 6) is -0.727. The number of hydrogen-bond donors (Lipinski definition) is 0. The van der Waals surface area contributed by atoms with Crippen molar-refractivity contribution in [1.82, 2.24) is 9.78 Å². The second-order valence-corrected chi connectivity index (χ2v) is 7.18. The van der Waals surface area contributed by atoms with Crippen LogP contribution in [0, 0.1) is 5.82 Å². The van der Waals surface area contributed by atoms with Crippen LogP contribution >= 0.6 is 23.2 Å². The molecule has 0 fully saturated rings. The van der Waals surface area contributed by atoms with Gasteiger partial charge in [-0.15, -0.1) is 0 Å². The molecule has 114 valence electrons. The maximum atomic E-state index is 14.0. The fraction of sp³-hybridized carbons (Fsp3) is 0.250. The minimum Gasteiger partial charge on any atom is -0.261 e. The van der Waals surface area contributed by atoms with Crippen molar-refractivity contribution in [3.05, 3.63) is 46.0 Å². The number of anilines is 1. The van der Waals surface area contributed by atoms with Crippen molar-refractivity contribution in [3.8, 4) is 0 Å². The molecule has 0 N–H and O–H groups in total. The van der Waals surface area contributed by atoms with Crippen molar-refractivity contribution in [2.75, 3.05) is 10.6 Å². The van der Waals surface area contributed by atoms with Gasteiger partial charge in [0.25, 0.3) is 0 Å². The first kappa shape index (κ1) is 16.1. The Labute approximate surface area is 131 Å². The highest BCUT2D eigenvalue weighted by Gasteiger charge is 2.22. The summed E-state index contributed by atoms with van der Waals surface area (Å²) in [6.45, 7) is -0.127. The molecule has 9 heteroatoms. The van der Waals surface area contributed by atoms with Crippen molar-refractivity contribution in [1.29, 1.82) is 0 Å². The standard InChI is InChI=1S/C12H12Cl2FN3O2S/c1-17-12(14)6-9(16-17)7-18(21(2,19)20)11-4-3-8(13)5-10(11)15/h3-6H,7H2,1-2H3. The Hall–Kier alpha value is -1.31. The lowest BCUT2D eigenvalue weighted by Crippen LogP contribution is -2.30. The molecule has 0 spiro atoms. The molecule has 2 rings (SSSR count). The fourth-order valence-corrected chi connectivity index (χ4v) is 2.98. The summed E-state index contributed by atoms with van der Waals surface area (Å²) in [5.41, 5.74) is 0.311. The summed E-state index contributed by atoms with van der Waals surface area (Å²) in [6, 6.07) is 5.31. The first-order valence-corrected chi connectivity index (χ1v) is 8.40. The monoisotopic (exact) mass is 351 g/mol. The van der Waals surface area contributed by atoms with Crippen LogP contribution in [0.2, 0.25) is 10.2 Å². The normalized spacial score (nSPS) is 11.7. The molecule has 1 heterocycles. The highest BCUT2D eigenvalue weighted by Crippen LogP contribution is 2.26. The third-order valence-corrected chi connectivity index (χ3v) is 4.47. The first-order chi connectivity index (χ1) is 9.68. The lowest BCUT2D eigenvalue weighted by Gasteiger charge is -2.22. The second-order valence-electron chi connectivity index (χ2n) is 4.45. The summed E-state index contributed by atoms with van der Waals surface area (Å²) < 4.78 is 40.1. The lowest BCUT2D eigenvalue weighted by atomic mass is 10.3. The lowest BCUT2D eigenvalue weighted by molar-refractivity contribution is 0.588. The van der Waals surface area contributed by atoms with E-state index in [1.54, 1.807) is 7.05 Å². The predicted molar refractivity (Wildman–Crippen MR) is 80.7 cm³/mol. The van der Waals surface area contributed by atoms with Crippen molar-refractivity contribution < 1.29 is 12.8 Å². The van der Waals surface area contributed by atoms with Gasteiger partial charge in [-0.1, -0.05) is 23.2 Å². The minimum atomic E-state index is -3.70. The van der Waals surface area contributed by atoms with Crippen molar-refractivity contribution in [3.63, 3.8) is 0 Å². The molecule has 0 amide bonds. The van der Waals surface area contributed by atoms with Crippen LogP contribution in [-0.2, 0) is 23.6 Å². The molecule has 0 aliphatic rings. The minimum absolute atomic E-state index is 0.0938. The van der Waals surface area contributed by atoms with E-state index >= 15 is 0 Å². The van der Waals surface area contributed by atoms with Gasteiger partial charge in [0.05, 0.1) is 24.2 Å². The predicted octanol–water partition coefficient (Wildman–Crippen LogP) is 2.83. The number of sulfonamides is 1. The first-order valence-electron chi connectivity index (χ1n) is 5.79. The Bertz CT molecular complexity index is 757. The smallest absolute Gasteiger partial charge is 0.232 e. The zero-order valence-corrected chi connectivity index (χ0v) is 13.5. The van der Waals surface area contributed by atoms with Gasteiger partial charge >= 0.3 is 0 Å². The molecule has 1 aromatic carbocycles. The summed E-state index contributed by atoms with van der Waals surface area (Å²) >= 11 is 11.5. The van der Waals surface area contributed by atoms with Crippen LogP contribution in [0.5, 0.6) is 0 Å². The summed E-state index contributed by atoms with van der Waals surface area (Å²) in [6.07, 6.45) is 0.992. The molecule has 0 atom stereocenters. The Morgan fingerprint density at radius 3 is 2.48 bits per heavy atom. The maximum absolute atomic E-state index is 14.0. The molecule has 21 heavy (non-hydrogen) atoms. The van der Waals surface area contributed by atoms with Gasteiger partial charge in [-0.3, -0.25) is 8.99 Å². The molecule has 0 aliphatic heterocycles. The average molecular weight is 352 g/mol. The van der Waals surface area contributed by atoms with Crippen LogP contribution in [-0.4, -0.2) is 24.5 Å². The van der Waals surface area contributed by atoms with E-state index in [2.05, 4.69) is 5.10 Å². The molecule has 0 unspecified atom stereocenters. The third-order valence-electron chi connectivity index (χ3n) is 2.76. The van der Waals surface area contributed by atoms with Crippen molar-refractivity contribution >= 4 is 38.9 Å². The number of hydrogen-bond acceptors (Lipinski definition) is 3. The van der Waals surface area contributed by atoms with E-state index in [9.17, 15) is 12.8 Å². The molecule has 0 saturated heterocycles. The molecule has 0 bridgehead atoms. The van der Waals surface area contributed by atoms with Gasteiger partial charge in [0, 0.05) is 18.1 Å². The van der Waals surface area contributed by atoms with E-state index in [1.165, 1.54) is 22.9 Å². The molecule has 2 aromatic rings. The molecule has 5 nitrogen and oxygen atoms in total. The van der Waals surface area contributed by atoms with Gasteiger partial charge in [0.1, 0.15) is 11.0 Å². The number of rotatable bonds is 4. The third kappa shape index (κ3) is 3.66. The van der Waals surface area contributed by atoms with Crippen LogP contribution in [0.4, 0.5) is 10.1 Å². The van der Waals surface area contributed by atoms with Crippen LogP contribution in [0.3, 0.4) is 0 Å². The molecule has 1 aromatic heterocycles. The number of benzene rings is 1. The van der Waals surface area contributed by atoms with E-state index in [4.69, 9.17) is 23.2 Å². The average Bonchev–Trinajstić information content (AvgIpc) is 2.65. The SMILES string of the molecule is Cn1nc(CN(c2ccc(Cl)cc2F)S(C)(=O)=O)cc1Cl. The second kappa shape index (κ2) is 5.82. The number of aryl methyl sites for hydroxylation is 1. The molecular formula is C12H12Cl2FN3O2S. The topological polar surface area (TPSA) is 55.2 Å². The van der Waals surface area contributed by atoms with Crippen molar-refractivity contribution in [2.45, 2.75) is 6.54 Å². The van der Waals surface area contributed by atoms with E-state index in [0.29, 0.717) is 10.8 Å². The van der Waals surface area contributed by atoms with Gasteiger partial charge in [0.15, 0.2) is 0 Å². The zero-order chi connectivity index (χ0) is 15.8. The van der Waals surface area contributed by atoms with Gasteiger partial charge in [-0.25, -0.2) is 12.8 Å². The highest BCUT2D eigenvalue weighted by atomic mass is 35.5. The highest BCUT2D eigenvalue weighted by molar-refractivity contribution is 7.92. The van der Waals surface area contributed by atoms with Crippen LogP contribution in [0.15, 0.2) is 24.3 Å². The summed E-state index contributed by atoms with van der Waals surface area (Å²) in [4.78, 5) is 0. The Balaban J connectivity index is 2.44.